The van der Waals surface area contributed by atoms with Gasteiger partial charge in [-0.25, -0.2) is 4.79 Å². The molecule has 0 spiro atoms. The molecule has 8 atom stereocenters. The van der Waals surface area contributed by atoms with E-state index in [-0.39, 0.29) is 45.6 Å². The quantitative estimate of drug-likeness (QED) is 0.421. The summed E-state index contributed by atoms with van der Waals surface area (Å²) in [6.45, 7) is 3.91. The minimum absolute atomic E-state index is 0.0383. The number of carbonyl (C=O) groups excluding carboxylic acids is 2. The maximum Gasteiger partial charge on any atom is 0.326 e. The van der Waals surface area contributed by atoms with E-state index in [1.165, 1.54) is 23.8 Å². The number of aromatic amines is 1. The van der Waals surface area contributed by atoms with E-state index in [9.17, 15) is 24.3 Å². The van der Waals surface area contributed by atoms with Gasteiger partial charge in [0.15, 0.2) is 0 Å². The number of carboxylic acids is 1. The average Bonchev–Trinajstić information content (AvgIpc) is 3.67. The van der Waals surface area contributed by atoms with Gasteiger partial charge in [0.2, 0.25) is 11.8 Å². The normalized spacial score (nSPS) is 30.6. The number of thiazole rings is 1. The summed E-state index contributed by atoms with van der Waals surface area (Å²) in [4.78, 5) is 55.9. The monoisotopic (exact) mass is 576 g/mol. The van der Waals surface area contributed by atoms with Crippen molar-refractivity contribution in [2.45, 2.75) is 49.1 Å². The zero-order valence-corrected chi connectivity index (χ0v) is 23.5. The number of imide groups is 1. The van der Waals surface area contributed by atoms with Crippen LogP contribution in [-0.2, 0) is 21.0 Å². The van der Waals surface area contributed by atoms with Gasteiger partial charge in [-0.2, -0.15) is 0 Å². The molecule has 3 fully saturated rings. The zero-order chi connectivity index (χ0) is 27.9. The second kappa shape index (κ2) is 9.34. The molecule has 2 aliphatic heterocycles. The first-order chi connectivity index (χ1) is 19.2. The molecule has 1 saturated heterocycles. The van der Waals surface area contributed by atoms with Gasteiger partial charge >= 0.3 is 10.8 Å². The first-order valence-corrected chi connectivity index (χ1v) is 15.2. The first-order valence-electron chi connectivity index (χ1n) is 13.5. The summed E-state index contributed by atoms with van der Waals surface area (Å²) in [6, 6.07) is 15.0. The number of carbonyl (C=O) groups is 3. The summed E-state index contributed by atoms with van der Waals surface area (Å²) in [5.74, 6) is -2.25. The van der Waals surface area contributed by atoms with Crippen molar-refractivity contribution in [2.75, 3.05) is 0 Å². The van der Waals surface area contributed by atoms with Crippen LogP contribution >= 0.6 is 23.1 Å². The van der Waals surface area contributed by atoms with E-state index in [4.69, 9.17) is 4.74 Å². The van der Waals surface area contributed by atoms with Crippen molar-refractivity contribution in [3.63, 3.8) is 0 Å². The fraction of sp³-hybridized carbons (Fsp3) is 0.400. The number of ether oxygens (including phenoxy) is 1. The second-order valence-corrected chi connectivity index (χ2v) is 13.6. The Labute approximate surface area is 238 Å². The van der Waals surface area contributed by atoms with Crippen LogP contribution in [-0.4, -0.2) is 44.1 Å². The van der Waals surface area contributed by atoms with Crippen LogP contribution in [0.2, 0.25) is 0 Å². The lowest BCUT2D eigenvalue weighted by molar-refractivity contribution is -0.154. The second-order valence-electron chi connectivity index (χ2n) is 11.4. The van der Waals surface area contributed by atoms with Crippen LogP contribution in [0.4, 0.5) is 0 Å². The molecule has 2 N–H and O–H groups in total. The zero-order valence-electron chi connectivity index (χ0n) is 21.9. The fourth-order valence-corrected chi connectivity index (χ4v) is 10.4. The molecule has 4 aliphatic rings. The third kappa shape index (κ3) is 3.79. The Bertz CT molecular complexity index is 1580. The number of thioether (sulfide) groups is 1. The minimum Gasteiger partial charge on any atom is -0.489 e. The van der Waals surface area contributed by atoms with E-state index in [0.29, 0.717) is 6.61 Å². The van der Waals surface area contributed by atoms with Crippen molar-refractivity contribution in [1.29, 1.82) is 0 Å². The number of amides is 2. The van der Waals surface area contributed by atoms with Gasteiger partial charge in [0.05, 0.1) is 16.9 Å². The van der Waals surface area contributed by atoms with Gasteiger partial charge < -0.3 is 14.8 Å². The summed E-state index contributed by atoms with van der Waals surface area (Å²) in [5, 5.41) is 10.4. The van der Waals surface area contributed by atoms with Crippen molar-refractivity contribution >= 4 is 40.9 Å². The Morgan fingerprint density at radius 3 is 2.40 bits per heavy atom. The van der Waals surface area contributed by atoms with E-state index in [1.54, 1.807) is 11.8 Å². The Hall–Kier alpha value is -3.37. The minimum atomic E-state index is -1.18. The van der Waals surface area contributed by atoms with Crippen LogP contribution in [0.15, 0.2) is 58.4 Å². The predicted molar refractivity (Wildman–Crippen MR) is 149 cm³/mol. The van der Waals surface area contributed by atoms with Crippen LogP contribution in [0.25, 0.3) is 0 Å². The van der Waals surface area contributed by atoms with Crippen LogP contribution in [0.1, 0.15) is 40.8 Å². The number of aliphatic carboxylic acids is 1. The number of hydrogen-bond acceptors (Lipinski definition) is 7. The van der Waals surface area contributed by atoms with Crippen molar-refractivity contribution in [3.8, 4) is 5.75 Å². The Morgan fingerprint density at radius 1 is 1.05 bits per heavy atom. The number of H-pyrrole nitrogens is 1. The number of benzene rings is 2. The highest BCUT2D eigenvalue weighted by atomic mass is 32.2. The van der Waals surface area contributed by atoms with Crippen LogP contribution in [0, 0.1) is 36.5 Å². The third-order valence-electron chi connectivity index (χ3n) is 9.27. The molecule has 2 aliphatic carbocycles. The summed E-state index contributed by atoms with van der Waals surface area (Å²) >= 11 is 2.83. The lowest BCUT2D eigenvalue weighted by atomic mass is 9.68. The molecule has 40 heavy (non-hydrogen) atoms. The molecule has 3 heterocycles. The highest BCUT2D eigenvalue weighted by Crippen LogP contribution is 2.68. The number of likely N-dealkylation sites (tertiary alicyclic amines) is 1. The van der Waals surface area contributed by atoms with Gasteiger partial charge in [-0.05, 0) is 61.3 Å². The molecule has 2 bridgehead atoms. The molecule has 0 radical (unpaired) electrons. The van der Waals surface area contributed by atoms with Gasteiger partial charge in [0.25, 0.3) is 0 Å². The highest BCUT2D eigenvalue weighted by molar-refractivity contribution is 8.00. The van der Waals surface area contributed by atoms with Crippen molar-refractivity contribution < 1.29 is 24.2 Å². The summed E-state index contributed by atoms with van der Waals surface area (Å²) in [6.07, 6.45) is 0.762. The number of hydrogen-bond donors (Lipinski definition) is 2. The molecule has 7 rings (SSSR count). The van der Waals surface area contributed by atoms with Gasteiger partial charge in [-0.15, -0.1) is 11.8 Å². The maximum atomic E-state index is 13.5. The molecule has 2 amide bonds. The number of aryl methyl sites for hydroxylation is 1. The molecule has 2 aromatic carbocycles. The van der Waals surface area contributed by atoms with Crippen LogP contribution < -0.4 is 9.61 Å². The van der Waals surface area contributed by atoms with E-state index >= 15 is 0 Å². The van der Waals surface area contributed by atoms with E-state index in [2.05, 4.69) is 29.2 Å². The molecule has 1 aromatic heterocycles. The summed E-state index contributed by atoms with van der Waals surface area (Å²) < 4.78 is 6.03. The molecule has 10 heteroatoms. The molecule has 2 saturated carbocycles. The molecule has 8 nitrogen and oxygen atoms in total. The third-order valence-corrected chi connectivity index (χ3v) is 11.9. The SMILES string of the molecule is Cc1ccc(COc2ccc([C@H]3c4sc(=O)[nH]c4SC4C5CC(C6C(=O)N(C(C)C(=O)O)C(=O)C56)C43)cc2)cc1. The number of nitrogens with one attached hydrogen (secondary N) is 1. The summed E-state index contributed by atoms with van der Waals surface area (Å²) in [7, 11) is 0. The van der Waals surface area contributed by atoms with E-state index in [0.717, 1.165) is 38.1 Å². The fourth-order valence-electron chi connectivity index (χ4n) is 7.53. The van der Waals surface area contributed by atoms with Crippen molar-refractivity contribution in [1.82, 2.24) is 9.88 Å². The Kier molecular flexibility index (Phi) is 5.98. The summed E-state index contributed by atoms with van der Waals surface area (Å²) in [5.41, 5.74) is 3.33. The standard InChI is InChI=1S/C30H28N2O6S2/c1-13-3-5-15(6-4-13)12-38-17-9-7-16(8-10-17)20-21-18-11-19(24(21)39-26-25(20)40-30(37)31-26)23-22(18)27(33)32(28(23)34)14(2)29(35)36/h3-10,14,18-24H,11-12H2,1-2H3,(H,31,37)(H,35,36)/t14?,18?,19?,20-,21?,22?,23?,24?/m1/s1. The maximum absolute atomic E-state index is 13.5. The first kappa shape index (κ1) is 25.6. The lowest BCUT2D eigenvalue weighted by Crippen LogP contribution is -2.44. The number of carboxylic acid groups (broad SMARTS) is 1. The number of aromatic nitrogens is 1. The van der Waals surface area contributed by atoms with Crippen LogP contribution in [0.3, 0.4) is 0 Å². The Balaban J connectivity index is 1.20. The number of nitrogens with zero attached hydrogens (tertiary/aromatic N) is 1. The van der Waals surface area contributed by atoms with Gasteiger partial charge in [-0.3, -0.25) is 19.3 Å². The molecular weight excluding hydrogens is 548 g/mol. The molecule has 7 unspecified atom stereocenters. The molecule has 3 aromatic rings. The molecular formula is C30H28N2O6S2. The van der Waals surface area contributed by atoms with Gasteiger partial charge in [0, 0.05) is 16.0 Å². The lowest BCUT2D eigenvalue weighted by Gasteiger charge is -2.43. The Morgan fingerprint density at radius 2 is 1.73 bits per heavy atom. The molecule has 206 valence electrons. The van der Waals surface area contributed by atoms with Crippen molar-refractivity contribution in [3.05, 3.63) is 79.8 Å². The van der Waals surface area contributed by atoms with E-state index < -0.39 is 23.8 Å². The van der Waals surface area contributed by atoms with Gasteiger partial charge in [0.1, 0.15) is 18.4 Å². The highest BCUT2D eigenvalue weighted by Gasteiger charge is 2.70. The smallest absolute Gasteiger partial charge is 0.326 e. The average molecular weight is 577 g/mol. The number of rotatable bonds is 6. The predicted octanol–water partition coefficient (Wildman–Crippen LogP) is 4.27. The van der Waals surface area contributed by atoms with Crippen molar-refractivity contribution in [2.24, 2.45) is 29.6 Å². The van der Waals surface area contributed by atoms with E-state index in [1.807, 2.05) is 31.2 Å². The largest absolute Gasteiger partial charge is 0.489 e. The topological polar surface area (TPSA) is 117 Å². The van der Waals surface area contributed by atoms with Gasteiger partial charge in [-0.1, -0.05) is 53.3 Å². The number of fused-ring (bicyclic) bond motifs is 9. The van der Waals surface area contributed by atoms with Crippen LogP contribution in [0.5, 0.6) is 5.75 Å².